The summed E-state index contributed by atoms with van der Waals surface area (Å²) >= 11 is 6.08. The molecule has 1 aromatic rings. The van der Waals surface area contributed by atoms with Crippen LogP contribution in [0.2, 0.25) is 5.02 Å². The summed E-state index contributed by atoms with van der Waals surface area (Å²) in [5.74, 6) is 0.419. The summed E-state index contributed by atoms with van der Waals surface area (Å²) in [6.45, 7) is 4.29. The molecule has 6 heteroatoms. The second-order valence-electron chi connectivity index (χ2n) is 4.49. The number of halogens is 1. The van der Waals surface area contributed by atoms with Gasteiger partial charge in [0, 0.05) is 25.8 Å². The number of hydrogen-bond donors (Lipinski definition) is 2. The maximum atomic E-state index is 12.7. The molecule has 1 heterocycles. The molecule has 0 aromatic carbocycles. The first kappa shape index (κ1) is 16.7. The third kappa shape index (κ3) is 3.84. The number of nitrogens with zero attached hydrogens (tertiary/aromatic N) is 2. The van der Waals surface area contributed by atoms with Gasteiger partial charge in [0.05, 0.1) is 17.2 Å². The van der Waals surface area contributed by atoms with Crippen LogP contribution in [-0.2, 0) is 0 Å². The first-order chi connectivity index (χ1) is 9.58. The Hall–Kier alpha value is -1.33. The number of rotatable bonds is 7. The molecule has 0 aliphatic heterocycles. The van der Waals surface area contributed by atoms with Crippen molar-refractivity contribution in [3.05, 3.63) is 22.8 Å². The highest BCUT2D eigenvalue weighted by Crippen LogP contribution is 2.22. The molecule has 1 amide bonds. The Kier molecular flexibility index (Phi) is 6.75. The standard InChI is InChI=1S/C14H22ClN3O2/c1-4-10(5-2)18(6-7-19)14(20)11-8-13(16-3)17-9-12(11)15/h8-10,19H,4-7H2,1-3H3,(H,16,17). The number of nitrogens with one attached hydrogen (secondary N) is 1. The summed E-state index contributed by atoms with van der Waals surface area (Å²) in [7, 11) is 1.73. The molecule has 112 valence electrons. The van der Waals surface area contributed by atoms with Gasteiger partial charge in [0.2, 0.25) is 0 Å². The van der Waals surface area contributed by atoms with Crippen molar-refractivity contribution in [2.45, 2.75) is 32.7 Å². The first-order valence-electron chi connectivity index (χ1n) is 6.84. The minimum Gasteiger partial charge on any atom is -0.395 e. The average Bonchev–Trinajstić information content (AvgIpc) is 2.47. The number of carbonyl (C=O) groups excluding carboxylic acids is 1. The average molecular weight is 300 g/mol. The molecule has 0 saturated carbocycles. The van der Waals surface area contributed by atoms with Crippen molar-refractivity contribution in [2.75, 3.05) is 25.5 Å². The van der Waals surface area contributed by atoms with Crippen LogP contribution in [0.3, 0.4) is 0 Å². The number of amides is 1. The Morgan fingerprint density at radius 2 is 2.15 bits per heavy atom. The van der Waals surface area contributed by atoms with Crippen molar-refractivity contribution in [1.29, 1.82) is 0 Å². The zero-order valence-electron chi connectivity index (χ0n) is 12.2. The van der Waals surface area contributed by atoms with E-state index in [9.17, 15) is 9.90 Å². The maximum Gasteiger partial charge on any atom is 0.255 e. The van der Waals surface area contributed by atoms with Gasteiger partial charge in [-0.25, -0.2) is 4.98 Å². The van der Waals surface area contributed by atoms with E-state index in [1.165, 1.54) is 6.20 Å². The summed E-state index contributed by atoms with van der Waals surface area (Å²) in [6.07, 6.45) is 3.14. The van der Waals surface area contributed by atoms with Crippen molar-refractivity contribution in [2.24, 2.45) is 0 Å². The van der Waals surface area contributed by atoms with Crippen LogP contribution in [0, 0.1) is 0 Å². The molecule has 5 nitrogen and oxygen atoms in total. The zero-order valence-corrected chi connectivity index (χ0v) is 12.9. The van der Waals surface area contributed by atoms with Gasteiger partial charge in [-0.15, -0.1) is 0 Å². The molecule has 0 aliphatic carbocycles. The summed E-state index contributed by atoms with van der Waals surface area (Å²) < 4.78 is 0. The Morgan fingerprint density at radius 1 is 1.50 bits per heavy atom. The topological polar surface area (TPSA) is 65.5 Å². The van der Waals surface area contributed by atoms with E-state index in [1.54, 1.807) is 18.0 Å². The molecule has 1 aromatic heterocycles. The molecule has 0 spiro atoms. The van der Waals surface area contributed by atoms with Crippen molar-refractivity contribution in [3.63, 3.8) is 0 Å². The van der Waals surface area contributed by atoms with Crippen LogP contribution in [0.15, 0.2) is 12.3 Å². The quantitative estimate of drug-likeness (QED) is 0.811. The smallest absolute Gasteiger partial charge is 0.255 e. The second-order valence-corrected chi connectivity index (χ2v) is 4.90. The lowest BCUT2D eigenvalue weighted by Crippen LogP contribution is -2.41. The Labute approximate surface area is 125 Å². The summed E-state index contributed by atoms with van der Waals surface area (Å²) in [6, 6.07) is 1.73. The number of aromatic nitrogens is 1. The van der Waals surface area contributed by atoms with Crippen molar-refractivity contribution in [3.8, 4) is 0 Å². The molecular weight excluding hydrogens is 278 g/mol. The van der Waals surface area contributed by atoms with Crippen molar-refractivity contribution >= 4 is 23.3 Å². The fourth-order valence-corrected chi connectivity index (χ4v) is 2.37. The van der Waals surface area contributed by atoms with Gasteiger partial charge in [0.15, 0.2) is 0 Å². The van der Waals surface area contributed by atoms with Crippen molar-refractivity contribution in [1.82, 2.24) is 9.88 Å². The predicted molar refractivity (Wildman–Crippen MR) is 81.3 cm³/mol. The third-order valence-electron chi connectivity index (χ3n) is 3.33. The van der Waals surface area contributed by atoms with Crippen LogP contribution >= 0.6 is 11.6 Å². The maximum absolute atomic E-state index is 12.7. The van der Waals surface area contributed by atoms with Gasteiger partial charge in [-0.1, -0.05) is 25.4 Å². The SMILES string of the molecule is CCC(CC)N(CCO)C(=O)c1cc(NC)ncc1Cl. The van der Waals surface area contributed by atoms with Crippen LogP contribution in [0.1, 0.15) is 37.0 Å². The predicted octanol–water partition coefficient (Wildman–Crippen LogP) is 2.40. The van der Waals surface area contributed by atoms with Gasteiger partial charge in [0.1, 0.15) is 5.82 Å². The summed E-state index contributed by atoms with van der Waals surface area (Å²) in [4.78, 5) is 18.4. The number of anilines is 1. The van der Waals surface area contributed by atoms with E-state index < -0.39 is 0 Å². The van der Waals surface area contributed by atoms with E-state index in [0.29, 0.717) is 22.9 Å². The molecule has 0 atom stereocenters. The molecule has 0 saturated heterocycles. The largest absolute Gasteiger partial charge is 0.395 e. The van der Waals surface area contributed by atoms with Gasteiger partial charge < -0.3 is 15.3 Å². The lowest BCUT2D eigenvalue weighted by Gasteiger charge is -2.30. The van der Waals surface area contributed by atoms with Gasteiger partial charge in [-0.2, -0.15) is 0 Å². The van der Waals surface area contributed by atoms with Crippen LogP contribution in [-0.4, -0.2) is 47.1 Å². The van der Waals surface area contributed by atoms with Crippen molar-refractivity contribution < 1.29 is 9.90 Å². The molecule has 0 aliphatic rings. The Morgan fingerprint density at radius 3 is 2.65 bits per heavy atom. The molecule has 0 bridgehead atoms. The highest BCUT2D eigenvalue weighted by atomic mass is 35.5. The molecule has 1 rings (SSSR count). The Bertz CT molecular complexity index is 450. The molecule has 0 radical (unpaired) electrons. The van der Waals surface area contributed by atoms with Crippen LogP contribution < -0.4 is 5.32 Å². The number of aliphatic hydroxyl groups excluding tert-OH is 1. The minimum atomic E-state index is -0.170. The zero-order chi connectivity index (χ0) is 15.1. The van der Waals surface area contributed by atoms with Crippen LogP contribution in [0.25, 0.3) is 0 Å². The first-order valence-corrected chi connectivity index (χ1v) is 7.21. The summed E-state index contributed by atoms with van der Waals surface area (Å²) in [5, 5.41) is 12.4. The molecule has 20 heavy (non-hydrogen) atoms. The molecule has 2 N–H and O–H groups in total. The minimum absolute atomic E-state index is 0.0656. The Balaban J connectivity index is 3.11. The lowest BCUT2D eigenvalue weighted by atomic mass is 10.1. The second kappa shape index (κ2) is 8.07. The van der Waals surface area contributed by atoms with Gasteiger partial charge >= 0.3 is 0 Å². The lowest BCUT2D eigenvalue weighted by molar-refractivity contribution is 0.0622. The van der Waals surface area contributed by atoms with E-state index in [-0.39, 0.29) is 18.6 Å². The number of carbonyl (C=O) groups is 1. The molecule has 0 fully saturated rings. The van der Waals surface area contributed by atoms with Gasteiger partial charge in [0.25, 0.3) is 5.91 Å². The van der Waals surface area contributed by atoms with Gasteiger partial charge in [-0.05, 0) is 18.9 Å². The fraction of sp³-hybridized carbons (Fsp3) is 0.571. The number of hydrogen-bond acceptors (Lipinski definition) is 4. The molecule has 0 unspecified atom stereocenters. The van der Waals surface area contributed by atoms with E-state index in [4.69, 9.17) is 11.6 Å². The number of pyridine rings is 1. The van der Waals surface area contributed by atoms with Crippen LogP contribution in [0.5, 0.6) is 0 Å². The summed E-state index contributed by atoms with van der Waals surface area (Å²) in [5.41, 5.74) is 0.409. The number of aliphatic hydroxyl groups is 1. The van der Waals surface area contributed by atoms with E-state index >= 15 is 0 Å². The van der Waals surface area contributed by atoms with Crippen LogP contribution in [0.4, 0.5) is 5.82 Å². The third-order valence-corrected chi connectivity index (χ3v) is 3.63. The highest BCUT2D eigenvalue weighted by molar-refractivity contribution is 6.33. The fourth-order valence-electron chi connectivity index (χ4n) is 2.18. The monoisotopic (exact) mass is 299 g/mol. The van der Waals surface area contributed by atoms with Gasteiger partial charge in [-0.3, -0.25) is 4.79 Å². The highest BCUT2D eigenvalue weighted by Gasteiger charge is 2.24. The van der Waals surface area contributed by atoms with E-state index in [0.717, 1.165) is 12.8 Å². The van der Waals surface area contributed by atoms with E-state index in [2.05, 4.69) is 10.3 Å². The molecular formula is C14H22ClN3O2. The normalized spacial score (nSPS) is 10.7. The van der Waals surface area contributed by atoms with E-state index in [1.807, 2.05) is 13.8 Å².